The Kier molecular flexibility index (Phi) is 5.94. The molecule has 0 rings (SSSR count). The maximum atomic E-state index is 14.8. The lowest BCUT2D eigenvalue weighted by Crippen LogP contribution is -2.54. The highest BCUT2D eigenvalue weighted by atomic mass is 32.2. The predicted octanol–water partition coefficient (Wildman–Crippen LogP) is 1.78. The monoisotopic (exact) mass is 282 g/mol. The molecule has 6 heteroatoms. The molecule has 0 saturated carbocycles. The Balaban J connectivity index is 5.45. The van der Waals surface area contributed by atoms with E-state index in [2.05, 4.69) is 4.74 Å². The van der Waals surface area contributed by atoms with Crippen molar-refractivity contribution in [3.05, 3.63) is 0 Å². The number of halogens is 1. The summed E-state index contributed by atoms with van der Waals surface area (Å²) in [6.07, 6.45) is -1.61. The van der Waals surface area contributed by atoms with Crippen molar-refractivity contribution in [2.75, 3.05) is 7.11 Å². The van der Waals surface area contributed by atoms with Crippen LogP contribution >= 0.6 is 0 Å². The largest absolute Gasteiger partial charge is 0.466 e. The summed E-state index contributed by atoms with van der Waals surface area (Å²) in [5, 5.41) is 7.01. The Bertz CT molecular complexity index is 325. The van der Waals surface area contributed by atoms with Crippen LogP contribution in [-0.4, -0.2) is 38.2 Å². The first-order valence-electron chi connectivity index (χ1n) is 5.85. The van der Waals surface area contributed by atoms with E-state index in [9.17, 15) is 18.5 Å². The summed E-state index contributed by atoms with van der Waals surface area (Å²) in [6.45, 7) is 8.19. The number of esters is 1. The Labute approximate surface area is 110 Å². The summed E-state index contributed by atoms with van der Waals surface area (Å²) in [5.41, 5.74) is 0. The van der Waals surface area contributed by atoms with Crippen molar-refractivity contribution in [1.29, 1.82) is 0 Å². The third-order valence-corrected chi connectivity index (χ3v) is 4.50. The fourth-order valence-corrected chi connectivity index (χ4v) is 2.99. The minimum absolute atomic E-state index is 0.0308. The van der Waals surface area contributed by atoms with Crippen LogP contribution in [-0.2, 0) is 20.3 Å². The van der Waals surface area contributed by atoms with E-state index in [1.807, 2.05) is 0 Å². The standard InChI is InChI=1S/C12H23FO4S/c1-8(2)7-9(14)12(13,10(15)17-6)18(16)11(3,4)5/h8-9,14H,7H2,1-6H3/t9-,12-,18?/m0/s1. The second-order valence-corrected chi connectivity index (χ2v) is 8.02. The lowest BCUT2D eigenvalue weighted by Gasteiger charge is -2.33. The van der Waals surface area contributed by atoms with Gasteiger partial charge in [-0.15, -0.1) is 0 Å². The number of methoxy groups -OCH3 is 1. The number of alkyl halides is 1. The second-order valence-electron chi connectivity index (χ2n) is 5.66. The van der Waals surface area contributed by atoms with Gasteiger partial charge in [-0.3, -0.25) is 4.21 Å². The number of aliphatic hydroxyl groups is 1. The number of carbonyl (C=O) groups excluding carboxylic acids is 1. The van der Waals surface area contributed by atoms with E-state index in [0.29, 0.717) is 0 Å². The summed E-state index contributed by atoms with van der Waals surface area (Å²) >= 11 is 0. The van der Waals surface area contributed by atoms with E-state index in [4.69, 9.17) is 0 Å². The molecular formula is C12H23FO4S. The van der Waals surface area contributed by atoms with Gasteiger partial charge in [0.2, 0.25) is 0 Å². The average Bonchev–Trinajstić information content (AvgIpc) is 2.23. The molecule has 0 bridgehead atoms. The molecule has 108 valence electrons. The number of hydrogen-bond donors (Lipinski definition) is 1. The molecule has 0 radical (unpaired) electrons. The van der Waals surface area contributed by atoms with Gasteiger partial charge in [0.05, 0.1) is 17.9 Å². The molecule has 18 heavy (non-hydrogen) atoms. The van der Waals surface area contributed by atoms with Crippen molar-refractivity contribution in [3.63, 3.8) is 0 Å². The zero-order valence-electron chi connectivity index (χ0n) is 11.8. The second kappa shape index (κ2) is 6.10. The number of aliphatic hydroxyl groups excluding tert-OH is 1. The molecule has 0 aliphatic heterocycles. The molecule has 0 aliphatic rings. The molecule has 0 saturated heterocycles. The van der Waals surface area contributed by atoms with Gasteiger partial charge in [0.15, 0.2) is 0 Å². The molecule has 1 unspecified atom stereocenters. The first-order chi connectivity index (χ1) is 7.97. The van der Waals surface area contributed by atoms with E-state index in [0.717, 1.165) is 7.11 Å². The van der Waals surface area contributed by atoms with Gasteiger partial charge in [-0.25, -0.2) is 9.18 Å². The molecular weight excluding hydrogens is 259 g/mol. The van der Waals surface area contributed by atoms with E-state index < -0.39 is 32.6 Å². The lowest BCUT2D eigenvalue weighted by atomic mass is 10.0. The molecule has 1 N–H and O–H groups in total. The van der Waals surface area contributed by atoms with Crippen LogP contribution in [0.1, 0.15) is 41.0 Å². The smallest absolute Gasteiger partial charge is 0.359 e. The molecule has 0 aromatic rings. The van der Waals surface area contributed by atoms with Gasteiger partial charge < -0.3 is 9.84 Å². The van der Waals surface area contributed by atoms with Crippen LogP contribution < -0.4 is 0 Å². The van der Waals surface area contributed by atoms with Gasteiger partial charge in [0, 0.05) is 4.75 Å². The van der Waals surface area contributed by atoms with Crippen molar-refractivity contribution in [3.8, 4) is 0 Å². The summed E-state index contributed by atoms with van der Waals surface area (Å²) in [6, 6.07) is 0. The highest BCUT2D eigenvalue weighted by molar-refractivity contribution is 7.88. The quantitative estimate of drug-likeness (QED) is 0.781. The van der Waals surface area contributed by atoms with Crippen molar-refractivity contribution in [2.45, 2.75) is 56.9 Å². The first kappa shape index (κ1) is 17.5. The van der Waals surface area contributed by atoms with Gasteiger partial charge >= 0.3 is 11.0 Å². The fraction of sp³-hybridized carbons (Fsp3) is 0.917. The normalized spacial score (nSPS) is 19.2. The average molecular weight is 282 g/mol. The zero-order valence-corrected chi connectivity index (χ0v) is 12.6. The molecule has 0 heterocycles. The molecule has 0 fully saturated rings. The summed E-state index contributed by atoms with van der Waals surface area (Å²) in [7, 11) is -1.20. The number of carbonyl (C=O) groups is 1. The minimum atomic E-state index is -2.89. The highest BCUT2D eigenvalue weighted by Gasteiger charge is 2.56. The fourth-order valence-electron chi connectivity index (χ4n) is 1.52. The Morgan fingerprint density at radius 2 is 1.83 bits per heavy atom. The Morgan fingerprint density at radius 1 is 1.39 bits per heavy atom. The van der Waals surface area contributed by atoms with Gasteiger partial charge in [-0.05, 0) is 33.1 Å². The molecule has 0 aliphatic carbocycles. The van der Waals surface area contributed by atoms with Crippen LogP contribution in [0, 0.1) is 5.92 Å². The van der Waals surface area contributed by atoms with Crippen LogP contribution in [0.4, 0.5) is 4.39 Å². The molecule has 3 atom stereocenters. The number of hydrogen-bond acceptors (Lipinski definition) is 4. The Morgan fingerprint density at radius 3 is 2.11 bits per heavy atom. The lowest BCUT2D eigenvalue weighted by molar-refractivity contribution is -0.154. The molecule has 0 spiro atoms. The van der Waals surface area contributed by atoms with Gasteiger partial charge in [-0.2, -0.15) is 0 Å². The SMILES string of the molecule is COC(=O)[C@](F)([C@@H](O)CC(C)C)S(=O)C(C)(C)C. The summed E-state index contributed by atoms with van der Waals surface area (Å²) in [5.74, 6) is -1.32. The minimum Gasteiger partial charge on any atom is -0.466 e. The first-order valence-corrected chi connectivity index (χ1v) is 7.00. The number of rotatable bonds is 5. The van der Waals surface area contributed by atoms with Crippen molar-refractivity contribution in [1.82, 2.24) is 0 Å². The van der Waals surface area contributed by atoms with Crippen molar-refractivity contribution in [2.24, 2.45) is 5.92 Å². The highest BCUT2D eigenvalue weighted by Crippen LogP contribution is 2.33. The summed E-state index contributed by atoms with van der Waals surface area (Å²) in [4.78, 5) is 11.6. The van der Waals surface area contributed by atoms with E-state index >= 15 is 0 Å². The number of ether oxygens (including phenoxy) is 1. The third kappa shape index (κ3) is 3.75. The van der Waals surface area contributed by atoms with E-state index in [1.165, 1.54) is 0 Å². The topological polar surface area (TPSA) is 63.6 Å². The van der Waals surface area contributed by atoms with Crippen molar-refractivity contribution >= 4 is 16.8 Å². The summed E-state index contributed by atoms with van der Waals surface area (Å²) < 4.78 is 30.4. The third-order valence-electron chi connectivity index (χ3n) is 2.41. The van der Waals surface area contributed by atoms with Crippen LogP contribution in [0.5, 0.6) is 0 Å². The van der Waals surface area contributed by atoms with E-state index in [1.54, 1.807) is 34.6 Å². The maximum Gasteiger partial charge on any atom is 0.359 e. The molecule has 4 nitrogen and oxygen atoms in total. The van der Waals surface area contributed by atoms with Gasteiger partial charge in [0.1, 0.15) is 6.10 Å². The Hall–Kier alpha value is -0.490. The van der Waals surface area contributed by atoms with Crippen molar-refractivity contribution < 1.29 is 23.2 Å². The van der Waals surface area contributed by atoms with Gasteiger partial charge in [0.25, 0.3) is 0 Å². The van der Waals surface area contributed by atoms with Crippen LogP contribution in [0.3, 0.4) is 0 Å². The zero-order chi connectivity index (χ0) is 14.7. The van der Waals surface area contributed by atoms with Crippen LogP contribution in [0.25, 0.3) is 0 Å². The van der Waals surface area contributed by atoms with Crippen LogP contribution in [0.15, 0.2) is 0 Å². The molecule has 0 amide bonds. The predicted molar refractivity (Wildman–Crippen MR) is 69.2 cm³/mol. The van der Waals surface area contributed by atoms with Crippen LogP contribution in [0.2, 0.25) is 0 Å². The van der Waals surface area contributed by atoms with Gasteiger partial charge in [-0.1, -0.05) is 13.8 Å². The van der Waals surface area contributed by atoms with E-state index in [-0.39, 0.29) is 12.3 Å². The molecule has 0 aromatic carbocycles. The molecule has 0 aromatic heterocycles. The maximum absolute atomic E-state index is 14.8.